The predicted octanol–water partition coefficient (Wildman–Crippen LogP) is 3.49. The van der Waals surface area contributed by atoms with Gasteiger partial charge in [0.15, 0.2) is 11.9 Å². The molecule has 0 amide bonds. The minimum absolute atomic E-state index is 0.0417. The second kappa shape index (κ2) is 7.67. The molecule has 0 aliphatic heterocycles. The quantitative estimate of drug-likeness (QED) is 0.631. The Morgan fingerprint density at radius 1 is 1.25 bits per heavy atom. The zero-order chi connectivity index (χ0) is 19.7. The Bertz CT molecular complexity index is 1100. The van der Waals surface area contributed by atoms with Gasteiger partial charge in [0.25, 0.3) is 5.56 Å². The van der Waals surface area contributed by atoms with Gasteiger partial charge in [-0.15, -0.1) is 11.3 Å². The molecule has 1 aliphatic carbocycles. The van der Waals surface area contributed by atoms with Crippen LogP contribution in [-0.4, -0.2) is 27.4 Å². The first-order chi connectivity index (χ1) is 13.5. The van der Waals surface area contributed by atoms with Gasteiger partial charge < -0.3 is 4.74 Å². The van der Waals surface area contributed by atoms with Crippen molar-refractivity contribution in [1.82, 2.24) is 9.55 Å². The van der Waals surface area contributed by atoms with Crippen molar-refractivity contribution in [1.29, 1.82) is 0 Å². The van der Waals surface area contributed by atoms with Crippen LogP contribution in [0.4, 0.5) is 0 Å². The lowest BCUT2D eigenvalue weighted by Gasteiger charge is -2.20. The van der Waals surface area contributed by atoms with E-state index in [1.165, 1.54) is 22.2 Å². The van der Waals surface area contributed by atoms with Crippen molar-refractivity contribution in [3.63, 3.8) is 0 Å². The Hall–Kier alpha value is -2.80. The molecule has 0 spiro atoms. The zero-order valence-corrected chi connectivity index (χ0v) is 16.3. The third-order valence-corrected chi connectivity index (χ3v) is 5.88. The van der Waals surface area contributed by atoms with Crippen molar-refractivity contribution < 1.29 is 14.3 Å². The average Bonchev–Trinajstić information content (AvgIpc) is 3.11. The molecule has 28 heavy (non-hydrogen) atoms. The van der Waals surface area contributed by atoms with E-state index in [1.807, 2.05) is 36.6 Å². The van der Waals surface area contributed by atoms with E-state index in [9.17, 15) is 14.4 Å². The number of hydrogen-bond acceptors (Lipinski definition) is 6. The first kappa shape index (κ1) is 18.6. The Morgan fingerprint density at radius 2 is 2.04 bits per heavy atom. The third-order valence-electron chi connectivity index (χ3n) is 5.00. The maximum Gasteiger partial charge on any atom is 0.326 e. The fourth-order valence-electron chi connectivity index (χ4n) is 3.44. The molecule has 0 unspecified atom stereocenters. The van der Waals surface area contributed by atoms with Gasteiger partial charge in [-0.3, -0.25) is 19.0 Å². The third kappa shape index (κ3) is 3.62. The number of esters is 1. The molecule has 7 heteroatoms. The summed E-state index contributed by atoms with van der Waals surface area (Å²) in [5.74, 6) is -0.629. The lowest BCUT2D eigenvalue weighted by atomic mass is 9.96. The second-order valence-electron chi connectivity index (χ2n) is 7.06. The van der Waals surface area contributed by atoms with Crippen LogP contribution in [0.15, 0.2) is 40.8 Å². The highest BCUT2D eigenvalue weighted by atomic mass is 32.1. The van der Waals surface area contributed by atoms with Gasteiger partial charge in [0.05, 0.1) is 11.7 Å². The summed E-state index contributed by atoms with van der Waals surface area (Å²) in [4.78, 5) is 42.1. The molecule has 144 valence electrons. The topological polar surface area (TPSA) is 78.3 Å². The fraction of sp³-hybridized carbons (Fsp3) is 0.333. The summed E-state index contributed by atoms with van der Waals surface area (Å²) in [5, 5.41) is 2.41. The maximum atomic E-state index is 13.0. The summed E-state index contributed by atoms with van der Waals surface area (Å²) in [5.41, 5.74) is 2.60. The predicted molar refractivity (Wildman–Crippen MR) is 107 cm³/mol. The minimum Gasteiger partial charge on any atom is -0.453 e. The molecule has 0 N–H and O–H groups in total. The molecular weight excluding hydrogens is 376 g/mol. The van der Waals surface area contributed by atoms with Gasteiger partial charge >= 0.3 is 5.97 Å². The van der Waals surface area contributed by atoms with E-state index in [0.717, 1.165) is 29.5 Å². The van der Waals surface area contributed by atoms with Crippen LogP contribution in [-0.2, 0) is 20.9 Å². The number of thiophene rings is 1. The van der Waals surface area contributed by atoms with Crippen LogP contribution in [0.2, 0.25) is 0 Å². The fourth-order valence-corrected chi connectivity index (χ4v) is 4.34. The van der Waals surface area contributed by atoms with Crippen molar-refractivity contribution in [2.75, 3.05) is 0 Å². The first-order valence-electron chi connectivity index (χ1n) is 9.29. The van der Waals surface area contributed by atoms with Crippen molar-refractivity contribution in [2.24, 2.45) is 0 Å². The summed E-state index contributed by atoms with van der Waals surface area (Å²) in [6, 6.07) is 7.92. The summed E-state index contributed by atoms with van der Waals surface area (Å²) < 4.78 is 6.56. The van der Waals surface area contributed by atoms with Crippen molar-refractivity contribution in [2.45, 2.75) is 45.3 Å². The monoisotopic (exact) mass is 396 g/mol. The summed E-state index contributed by atoms with van der Waals surface area (Å²) >= 11 is 1.40. The lowest BCUT2D eigenvalue weighted by molar-refractivity contribution is -0.157. The first-order valence-corrected chi connectivity index (χ1v) is 10.2. The number of hydrogen-bond donors (Lipinski definition) is 0. The Kier molecular flexibility index (Phi) is 5.09. The molecule has 2 heterocycles. The summed E-state index contributed by atoms with van der Waals surface area (Å²) in [6.45, 7) is 1.75. The average molecular weight is 396 g/mol. The van der Waals surface area contributed by atoms with Crippen LogP contribution in [0, 0.1) is 6.92 Å². The maximum absolute atomic E-state index is 13.0. The molecule has 1 atom stereocenters. The molecule has 1 saturated carbocycles. The normalized spacial score (nSPS) is 17.0. The van der Waals surface area contributed by atoms with Crippen LogP contribution in [0.3, 0.4) is 0 Å². The molecule has 0 saturated heterocycles. The zero-order valence-electron chi connectivity index (χ0n) is 15.5. The number of fused-ring (bicyclic) bond motifs is 1. The Labute approximate surface area is 165 Å². The van der Waals surface area contributed by atoms with Gasteiger partial charge in [-0.1, -0.05) is 29.8 Å². The van der Waals surface area contributed by atoms with E-state index in [1.54, 1.807) is 0 Å². The van der Waals surface area contributed by atoms with Crippen LogP contribution in [0.1, 0.15) is 31.2 Å². The van der Waals surface area contributed by atoms with Gasteiger partial charge in [0.1, 0.15) is 11.4 Å². The van der Waals surface area contributed by atoms with Gasteiger partial charge in [-0.2, -0.15) is 0 Å². The van der Waals surface area contributed by atoms with Crippen molar-refractivity contribution >= 4 is 33.3 Å². The van der Waals surface area contributed by atoms with Crippen LogP contribution in [0.5, 0.6) is 0 Å². The standard InChI is InChI=1S/C21H20N2O4S/c1-13-6-8-14(9-7-13)15-11-28-20-19(15)21(26)23(12-22-20)10-18(25)27-17-5-3-2-4-16(17)24/h6-9,11-12,17H,2-5,10H2,1H3/t17-/m0/s1. The number of aryl methyl sites for hydroxylation is 1. The smallest absolute Gasteiger partial charge is 0.326 e. The molecule has 0 bridgehead atoms. The highest BCUT2D eigenvalue weighted by Gasteiger charge is 2.26. The van der Waals surface area contributed by atoms with Crippen LogP contribution < -0.4 is 5.56 Å². The minimum atomic E-state index is -0.682. The number of nitrogens with zero attached hydrogens (tertiary/aromatic N) is 2. The van der Waals surface area contributed by atoms with E-state index in [0.29, 0.717) is 23.1 Å². The number of carbonyl (C=O) groups excluding carboxylic acids is 2. The van der Waals surface area contributed by atoms with E-state index >= 15 is 0 Å². The largest absolute Gasteiger partial charge is 0.453 e. The van der Waals surface area contributed by atoms with Gasteiger partial charge in [0, 0.05) is 17.4 Å². The number of aromatic nitrogens is 2. The number of benzene rings is 1. The van der Waals surface area contributed by atoms with E-state index in [2.05, 4.69) is 4.98 Å². The number of rotatable bonds is 4. The van der Waals surface area contributed by atoms with Crippen molar-refractivity contribution in [3.8, 4) is 11.1 Å². The summed E-state index contributed by atoms with van der Waals surface area (Å²) in [7, 11) is 0. The highest BCUT2D eigenvalue weighted by Crippen LogP contribution is 2.30. The molecule has 2 aromatic heterocycles. The number of ether oxygens (including phenoxy) is 1. The molecule has 3 aromatic rings. The lowest BCUT2D eigenvalue weighted by Crippen LogP contribution is -2.33. The molecule has 0 radical (unpaired) electrons. The van der Waals surface area contributed by atoms with Gasteiger partial charge in [-0.25, -0.2) is 4.98 Å². The summed E-state index contributed by atoms with van der Waals surface area (Å²) in [6.07, 6.45) is 3.39. The number of Topliss-reactive ketones (excluding diaryl/α,β-unsaturated/α-hetero) is 1. The van der Waals surface area contributed by atoms with Gasteiger partial charge in [0.2, 0.25) is 0 Å². The van der Waals surface area contributed by atoms with E-state index in [4.69, 9.17) is 4.74 Å². The van der Waals surface area contributed by atoms with Crippen molar-refractivity contribution in [3.05, 3.63) is 51.9 Å². The molecule has 1 aliphatic rings. The Balaban J connectivity index is 1.61. The van der Waals surface area contributed by atoms with Crippen LogP contribution in [0.25, 0.3) is 21.3 Å². The molecular formula is C21H20N2O4S. The Morgan fingerprint density at radius 3 is 2.79 bits per heavy atom. The van der Waals surface area contributed by atoms with Crippen LogP contribution >= 0.6 is 11.3 Å². The SMILES string of the molecule is Cc1ccc(-c2csc3ncn(CC(=O)O[C@H]4CCCCC4=O)c(=O)c23)cc1. The molecule has 1 fully saturated rings. The number of carbonyl (C=O) groups is 2. The van der Waals surface area contributed by atoms with Gasteiger partial charge in [-0.05, 0) is 31.7 Å². The number of ketones is 1. The molecule has 4 rings (SSSR count). The second-order valence-corrected chi connectivity index (χ2v) is 7.92. The van der Waals surface area contributed by atoms with E-state index < -0.39 is 12.1 Å². The molecule has 6 nitrogen and oxygen atoms in total. The highest BCUT2D eigenvalue weighted by molar-refractivity contribution is 7.17. The van der Waals surface area contributed by atoms with E-state index in [-0.39, 0.29) is 17.9 Å². The molecule has 1 aromatic carbocycles.